The Morgan fingerprint density at radius 3 is 2.63 bits per heavy atom. The van der Waals surface area contributed by atoms with Crippen molar-refractivity contribution in [2.45, 2.75) is 6.92 Å². The van der Waals surface area contributed by atoms with Gasteiger partial charge in [-0.15, -0.1) is 11.3 Å². The molecule has 8 heteroatoms. The van der Waals surface area contributed by atoms with Gasteiger partial charge in [0.25, 0.3) is 11.6 Å². The third-order valence-corrected chi connectivity index (χ3v) is 5.33. The molecule has 0 aliphatic heterocycles. The number of rotatable bonds is 3. The molecule has 3 N–H and O–H groups in total. The lowest BCUT2D eigenvalue weighted by atomic mass is 10.1. The number of hydrogen-bond acceptors (Lipinski definition) is 6. The van der Waals surface area contributed by atoms with E-state index in [4.69, 9.17) is 5.73 Å². The molecule has 1 amide bonds. The summed E-state index contributed by atoms with van der Waals surface area (Å²) in [7, 11) is 0. The van der Waals surface area contributed by atoms with E-state index in [2.05, 4.69) is 10.3 Å². The summed E-state index contributed by atoms with van der Waals surface area (Å²) in [5, 5.41) is 15.1. The molecule has 0 aliphatic rings. The van der Waals surface area contributed by atoms with Gasteiger partial charge in [-0.3, -0.25) is 14.9 Å². The number of anilines is 2. The van der Waals surface area contributed by atoms with Crippen molar-refractivity contribution in [2.75, 3.05) is 11.1 Å². The summed E-state index contributed by atoms with van der Waals surface area (Å²) in [5.41, 5.74) is 8.95. The number of thiophene rings is 1. The maximum Gasteiger partial charge on any atom is 0.269 e. The largest absolute Gasteiger partial charge is 0.397 e. The topological polar surface area (TPSA) is 111 Å². The minimum atomic E-state index is -0.492. The molecule has 2 aromatic carbocycles. The number of pyridine rings is 1. The second kappa shape index (κ2) is 6.33. The van der Waals surface area contributed by atoms with Crippen LogP contribution in [0.4, 0.5) is 17.1 Å². The minimum Gasteiger partial charge on any atom is -0.397 e. The van der Waals surface area contributed by atoms with Crippen molar-refractivity contribution in [2.24, 2.45) is 0 Å². The highest BCUT2D eigenvalue weighted by molar-refractivity contribution is 7.21. The number of fused-ring (bicyclic) bond motifs is 2. The summed E-state index contributed by atoms with van der Waals surface area (Å²) in [6.07, 6.45) is 0. The smallest absolute Gasteiger partial charge is 0.269 e. The Hall–Kier alpha value is -3.52. The van der Waals surface area contributed by atoms with Crippen LogP contribution in [0.25, 0.3) is 21.1 Å². The first kappa shape index (κ1) is 16.9. The minimum absolute atomic E-state index is 0.0411. The summed E-state index contributed by atoms with van der Waals surface area (Å²) in [6, 6.07) is 13.5. The summed E-state index contributed by atoms with van der Waals surface area (Å²) in [6.45, 7) is 2.00. The SMILES string of the molecule is Cc1ccc2cc3c(N)c(C(=O)Nc4ccc([N+](=O)[O-])cc4)sc3nc2c1. The molecule has 0 spiro atoms. The van der Waals surface area contributed by atoms with Gasteiger partial charge in [0.1, 0.15) is 9.71 Å². The number of carbonyl (C=O) groups is 1. The van der Waals surface area contributed by atoms with Crippen LogP contribution in [0.5, 0.6) is 0 Å². The van der Waals surface area contributed by atoms with Crippen LogP contribution >= 0.6 is 11.3 Å². The van der Waals surface area contributed by atoms with Gasteiger partial charge >= 0.3 is 0 Å². The molecular weight excluding hydrogens is 364 g/mol. The van der Waals surface area contributed by atoms with E-state index in [9.17, 15) is 14.9 Å². The lowest BCUT2D eigenvalue weighted by molar-refractivity contribution is -0.384. The summed E-state index contributed by atoms with van der Waals surface area (Å²) < 4.78 is 0. The predicted molar refractivity (Wildman–Crippen MR) is 107 cm³/mol. The van der Waals surface area contributed by atoms with Gasteiger partial charge in [-0.1, -0.05) is 12.1 Å². The Morgan fingerprint density at radius 1 is 1.19 bits per heavy atom. The maximum atomic E-state index is 12.6. The number of benzene rings is 2. The molecule has 0 saturated carbocycles. The van der Waals surface area contributed by atoms with E-state index in [1.54, 1.807) is 0 Å². The Morgan fingerprint density at radius 2 is 1.93 bits per heavy atom. The van der Waals surface area contributed by atoms with E-state index in [0.29, 0.717) is 21.1 Å². The Bertz CT molecular complexity index is 1220. The lowest BCUT2D eigenvalue weighted by Crippen LogP contribution is -2.11. The van der Waals surface area contributed by atoms with Gasteiger partial charge in [-0.2, -0.15) is 0 Å². The van der Waals surface area contributed by atoms with Gasteiger partial charge < -0.3 is 11.1 Å². The molecule has 0 radical (unpaired) electrons. The molecule has 2 heterocycles. The monoisotopic (exact) mass is 378 g/mol. The average molecular weight is 378 g/mol. The number of aromatic nitrogens is 1. The molecule has 2 aromatic heterocycles. The predicted octanol–water partition coefficient (Wildman–Crippen LogP) is 4.50. The number of amides is 1. The summed E-state index contributed by atoms with van der Waals surface area (Å²) in [5.74, 6) is -0.371. The van der Waals surface area contributed by atoms with Crippen LogP contribution in [0.3, 0.4) is 0 Å². The molecule has 0 aliphatic carbocycles. The quantitative estimate of drug-likeness (QED) is 0.403. The van der Waals surface area contributed by atoms with Crippen LogP contribution < -0.4 is 11.1 Å². The van der Waals surface area contributed by atoms with Gasteiger partial charge in [-0.25, -0.2) is 4.98 Å². The number of nitro groups is 1. The Labute approximate surface area is 157 Å². The normalized spacial score (nSPS) is 11.0. The zero-order chi connectivity index (χ0) is 19.1. The number of nitrogens with one attached hydrogen (secondary N) is 1. The molecule has 4 rings (SSSR count). The molecule has 0 fully saturated rings. The fraction of sp³-hybridized carbons (Fsp3) is 0.0526. The maximum absolute atomic E-state index is 12.6. The Balaban J connectivity index is 1.69. The van der Waals surface area contributed by atoms with Gasteiger partial charge in [0, 0.05) is 28.6 Å². The first-order chi connectivity index (χ1) is 12.9. The third-order valence-electron chi connectivity index (χ3n) is 4.21. The number of nitrogen functional groups attached to an aromatic ring is 1. The number of aryl methyl sites for hydroxylation is 1. The van der Waals surface area contributed by atoms with Crippen LogP contribution in [-0.4, -0.2) is 15.8 Å². The van der Waals surface area contributed by atoms with Gasteiger partial charge in [0.2, 0.25) is 0 Å². The van der Waals surface area contributed by atoms with Crippen molar-refractivity contribution >= 4 is 55.4 Å². The van der Waals surface area contributed by atoms with Crippen LogP contribution in [0.1, 0.15) is 15.2 Å². The van der Waals surface area contributed by atoms with E-state index in [1.165, 1.54) is 35.6 Å². The number of hydrogen-bond donors (Lipinski definition) is 2. The van der Waals surface area contributed by atoms with Gasteiger partial charge in [-0.05, 0) is 36.8 Å². The lowest BCUT2D eigenvalue weighted by Gasteiger charge is -2.04. The highest BCUT2D eigenvalue weighted by Gasteiger charge is 2.18. The van der Waals surface area contributed by atoms with Crippen molar-refractivity contribution in [3.05, 3.63) is 69.1 Å². The van der Waals surface area contributed by atoms with Crippen molar-refractivity contribution in [1.29, 1.82) is 0 Å². The van der Waals surface area contributed by atoms with Crippen molar-refractivity contribution < 1.29 is 9.72 Å². The molecule has 0 atom stereocenters. The zero-order valence-electron chi connectivity index (χ0n) is 14.2. The van der Waals surface area contributed by atoms with E-state index in [-0.39, 0.29) is 11.6 Å². The molecule has 0 saturated heterocycles. The first-order valence-electron chi connectivity index (χ1n) is 8.07. The molecular formula is C19H14N4O3S. The number of nitrogens with two attached hydrogens (primary N) is 1. The summed E-state index contributed by atoms with van der Waals surface area (Å²) in [4.78, 5) is 28.5. The number of non-ortho nitro benzene ring substituents is 1. The van der Waals surface area contributed by atoms with Gasteiger partial charge in [0.05, 0.1) is 16.1 Å². The van der Waals surface area contributed by atoms with Crippen LogP contribution in [0.2, 0.25) is 0 Å². The highest BCUT2D eigenvalue weighted by Crippen LogP contribution is 2.35. The third kappa shape index (κ3) is 3.06. The fourth-order valence-corrected chi connectivity index (χ4v) is 3.81. The zero-order valence-corrected chi connectivity index (χ0v) is 15.0. The molecule has 0 bridgehead atoms. The second-order valence-electron chi connectivity index (χ2n) is 6.14. The first-order valence-corrected chi connectivity index (χ1v) is 8.89. The molecule has 7 nitrogen and oxygen atoms in total. The van der Waals surface area contributed by atoms with Crippen LogP contribution in [-0.2, 0) is 0 Å². The van der Waals surface area contributed by atoms with E-state index < -0.39 is 4.92 Å². The number of carbonyl (C=O) groups excluding carboxylic acids is 1. The number of nitrogens with zero attached hydrogens (tertiary/aromatic N) is 2. The second-order valence-corrected chi connectivity index (χ2v) is 7.14. The van der Waals surface area contributed by atoms with E-state index in [1.807, 2.05) is 31.2 Å². The average Bonchev–Trinajstić information content (AvgIpc) is 2.96. The van der Waals surface area contributed by atoms with Crippen molar-refractivity contribution in [3.8, 4) is 0 Å². The Kier molecular flexibility index (Phi) is 3.97. The molecule has 0 unspecified atom stereocenters. The van der Waals surface area contributed by atoms with Crippen LogP contribution in [0, 0.1) is 17.0 Å². The number of nitro benzene ring substituents is 1. The summed E-state index contributed by atoms with van der Waals surface area (Å²) >= 11 is 1.22. The van der Waals surface area contributed by atoms with Crippen molar-refractivity contribution in [3.63, 3.8) is 0 Å². The fourth-order valence-electron chi connectivity index (χ4n) is 2.83. The standard InChI is InChI=1S/C19H14N4O3S/c1-10-2-3-11-9-14-16(20)17(27-19(14)22-15(11)8-10)18(24)21-12-4-6-13(7-5-12)23(25)26/h2-9H,20H2,1H3,(H,21,24). The van der Waals surface area contributed by atoms with E-state index >= 15 is 0 Å². The van der Waals surface area contributed by atoms with Crippen LogP contribution in [0.15, 0.2) is 48.5 Å². The van der Waals surface area contributed by atoms with Crippen molar-refractivity contribution in [1.82, 2.24) is 4.98 Å². The highest BCUT2D eigenvalue weighted by atomic mass is 32.1. The molecule has 27 heavy (non-hydrogen) atoms. The molecule has 134 valence electrons. The van der Waals surface area contributed by atoms with Gasteiger partial charge in [0.15, 0.2) is 0 Å². The van der Waals surface area contributed by atoms with E-state index in [0.717, 1.165) is 21.9 Å². The molecule has 4 aromatic rings.